The van der Waals surface area contributed by atoms with E-state index >= 15 is 0 Å². The van der Waals surface area contributed by atoms with Crippen molar-refractivity contribution in [1.82, 2.24) is 0 Å². The maximum absolute atomic E-state index is 13.2. The minimum Gasteiger partial charge on any atom is -0.495 e. The highest BCUT2D eigenvalue weighted by Crippen LogP contribution is 2.36. The second kappa shape index (κ2) is 11.1. The Morgan fingerprint density at radius 2 is 1.66 bits per heavy atom. The second-order valence-electron chi connectivity index (χ2n) is 8.94. The quantitative estimate of drug-likeness (QED) is 0.199. The molecule has 0 fully saturated rings. The summed E-state index contributed by atoms with van der Waals surface area (Å²) in [6.45, 7) is 1.38. The molecule has 5 rings (SSSR count). The average molecular weight is 597 g/mol. The SMILES string of the molecule is COc1cc2c(cc1NC(=O)[C@@H](C)OC(=O)c1ccc(Cl)c(NS(=O)(=O)c3ccc(F)cc3)c1)oc1ccccc12. The number of anilines is 2. The minimum absolute atomic E-state index is 0.00565. The molecule has 5 aromatic rings. The zero-order valence-electron chi connectivity index (χ0n) is 21.6. The molecule has 1 aromatic heterocycles. The van der Waals surface area contributed by atoms with E-state index < -0.39 is 33.8 Å². The highest BCUT2D eigenvalue weighted by Gasteiger charge is 2.23. The third-order valence-corrected chi connectivity index (χ3v) is 7.89. The number of halogens is 2. The van der Waals surface area contributed by atoms with Crippen molar-refractivity contribution in [1.29, 1.82) is 0 Å². The number of ether oxygens (including phenoxy) is 2. The van der Waals surface area contributed by atoms with E-state index in [2.05, 4.69) is 10.0 Å². The summed E-state index contributed by atoms with van der Waals surface area (Å²) in [4.78, 5) is 25.6. The molecule has 41 heavy (non-hydrogen) atoms. The monoisotopic (exact) mass is 596 g/mol. The summed E-state index contributed by atoms with van der Waals surface area (Å²) < 4.78 is 57.5. The number of rotatable bonds is 8. The number of hydrogen-bond acceptors (Lipinski definition) is 7. The zero-order chi connectivity index (χ0) is 29.3. The number of fused-ring (bicyclic) bond motifs is 3. The van der Waals surface area contributed by atoms with Crippen LogP contribution in [0.15, 0.2) is 88.2 Å². The Balaban J connectivity index is 1.31. The number of hydrogen-bond donors (Lipinski definition) is 2. The van der Waals surface area contributed by atoms with Crippen molar-refractivity contribution in [2.24, 2.45) is 0 Å². The lowest BCUT2D eigenvalue weighted by atomic mass is 10.1. The number of furan rings is 1. The Hall–Kier alpha value is -4.61. The molecule has 0 aliphatic rings. The Kier molecular flexibility index (Phi) is 7.57. The number of carbonyl (C=O) groups is 2. The van der Waals surface area contributed by atoms with Crippen LogP contribution in [0, 0.1) is 5.82 Å². The summed E-state index contributed by atoms with van der Waals surface area (Å²) in [5.41, 5.74) is 1.36. The van der Waals surface area contributed by atoms with Crippen molar-refractivity contribution in [2.75, 3.05) is 17.1 Å². The zero-order valence-corrected chi connectivity index (χ0v) is 23.2. The van der Waals surface area contributed by atoms with E-state index in [9.17, 15) is 22.4 Å². The molecule has 210 valence electrons. The van der Waals surface area contributed by atoms with Crippen LogP contribution in [-0.4, -0.2) is 33.5 Å². The van der Waals surface area contributed by atoms with Crippen LogP contribution in [-0.2, 0) is 19.6 Å². The van der Waals surface area contributed by atoms with Crippen LogP contribution in [0.1, 0.15) is 17.3 Å². The van der Waals surface area contributed by atoms with Gasteiger partial charge in [-0.15, -0.1) is 0 Å². The molecule has 0 spiro atoms. The van der Waals surface area contributed by atoms with Crippen LogP contribution < -0.4 is 14.8 Å². The molecule has 0 saturated heterocycles. The summed E-state index contributed by atoms with van der Waals surface area (Å²) in [6, 6.07) is 18.8. The maximum Gasteiger partial charge on any atom is 0.338 e. The summed E-state index contributed by atoms with van der Waals surface area (Å²) in [6.07, 6.45) is -1.24. The van der Waals surface area contributed by atoms with E-state index in [0.717, 1.165) is 35.0 Å². The van der Waals surface area contributed by atoms with Crippen LogP contribution in [0.2, 0.25) is 5.02 Å². The fourth-order valence-electron chi connectivity index (χ4n) is 4.08. The number of para-hydroxylation sites is 1. The molecule has 1 heterocycles. The number of methoxy groups -OCH3 is 1. The van der Waals surface area contributed by atoms with Gasteiger partial charge in [-0.05, 0) is 61.5 Å². The number of esters is 1. The number of carbonyl (C=O) groups excluding carboxylic acids is 2. The first-order valence-electron chi connectivity index (χ1n) is 12.1. The lowest BCUT2D eigenvalue weighted by molar-refractivity contribution is -0.123. The van der Waals surface area contributed by atoms with Gasteiger partial charge in [0.05, 0.1) is 34.0 Å². The minimum atomic E-state index is -4.13. The smallest absolute Gasteiger partial charge is 0.338 e. The molecule has 0 aliphatic carbocycles. The first-order valence-corrected chi connectivity index (χ1v) is 14.0. The molecule has 1 atom stereocenters. The van der Waals surface area contributed by atoms with E-state index in [4.69, 9.17) is 25.5 Å². The Labute approximate surface area is 238 Å². The third kappa shape index (κ3) is 5.81. The van der Waals surface area contributed by atoms with Gasteiger partial charge in [0.2, 0.25) is 0 Å². The van der Waals surface area contributed by atoms with Gasteiger partial charge in [0, 0.05) is 16.8 Å². The summed E-state index contributed by atoms with van der Waals surface area (Å²) >= 11 is 6.14. The second-order valence-corrected chi connectivity index (χ2v) is 11.0. The number of nitrogens with one attached hydrogen (secondary N) is 2. The van der Waals surface area contributed by atoms with Crippen molar-refractivity contribution in [3.8, 4) is 5.75 Å². The molecule has 12 heteroatoms. The third-order valence-electron chi connectivity index (χ3n) is 6.18. The molecule has 0 bridgehead atoms. The van der Waals surface area contributed by atoms with E-state index in [1.54, 1.807) is 12.1 Å². The van der Waals surface area contributed by atoms with Crippen LogP contribution in [0.4, 0.5) is 15.8 Å². The molecule has 2 N–H and O–H groups in total. The van der Waals surface area contributed by atoms with Crippen molar-refractivity contribution >= 4 is 66.8 Å². The first kappa shape index (κ1) is 27.9. The summed E-state index contributed by atoms with van der Waals surface area (Å²) in [5.74, 6) is -1.75. The molecular formula is C29H22ClFN2O7S. The molecular weight excluding hydrogens is 575 g/mol. The highest BCUT2D eigenvalue weighted by atomic mass is 35.5. The van der Waals surface area contributed by atoms with Crippen LogP contribution in [0.5, 0.6) is 5.75 Å². The summed E-state index contributed by atoms with van der Waals surface area (Å²) in [7, 11) is -2.67. The van der Waals surface area contributed by atoms with Gasteiger partial charge in [-0.25, -0.2) is 17.6 Å². The van der Waals surface area contributed by atoms with E-state index in [1.807, 2.05) is 24.3 Å². The van der Waals surface area contributed by atoms with Gasteiger partial charge in [-0.2, -0.15) is 0 Å². The fourth-order valence-corrected chi connectivity index (χ4v) is 5.37. The first-order chi connectivity index (χ1) is 19.6. The Morgan fingerprint density at radius 3 is 2.39 bits per heavy atom. The number of benzene rings is 4. The molecule has 0 radical (unpaired) electrons. The molecule has 1 amide bonds. The fraction of sp³-hybridized carbons (Fsp3) is 0.103. The molecule has 0 aliphatic heterocycles. The molecule has 9 nitrogen and oxygen atoms in total. The topological polar surface area (TPSA) is 124 Å². The number of amides is 1. The van der Waals surface area contributed by atoms with Gasteiger partial charge in [0.1, 0.15) is 22.7 Å². The van der Waals surface area contributed by atoms with Crippen molar-refractivity contribution in [3.63, 3.8) is 0 Å². The van der Waals surface area contributed by atoms with E-state index in [-0.39, 0.29) is 21.2 Å². The number of sulfonamides is 1. The predicted octanol–water partition coefficient (Wildman–Crippen LogP) is 6.37. The average Bonchev–Trinajstić information content (AvgIpc) is 3.31. The van der Waals surface area contributed by atoms with Gasteiger partial charge < -0.3 is 19.2 Å². The highest BCUT2D eigenvalue weighted by molar-refractivity contribution is 7.92. The van der Waals surface area contributed by atoms with E-state index in [1.165, 1.54) is 32.2 Å². The van der Waals surface area contributed by atoms with Gasteiger partial charge >= 0.3 is 5.97 Å². The standard InChI is InChI=1S/C29H22ClFN2O7S/c1-16(28(34)32-24-15-26-21(14-27(24)38-2)20-5-3-4-6-25(20)40-26)39-29(35)17-7-12-22(30)23(13-17)33-41(36,37)19-10-8-18(31)9-11-19/h3-16,33H,1-2H3,(H,32,34)/t16-/m1/s1. The largest absolute Gasteiger partial charge is 0.495 e. The van der Waals surface area contributed by atoms with Crippen LogP contribution >= 0.6 is 11.6 Å². The van der Waals surface area contributed by atoms with Crippen molar-refractivity contribution in [2.45, 2.75) is 17.9 Å². The molecule has 4 aromatic carbocycles. The van der Waals surface area contributed by atoms with Gasteiger partial charge in [-0.3, -0.25) is 9.52 Å². The normalized spacial score (nSPS) is 12.2. The van der Waals surface area contributed by atoms with E-state index in [0.29, 0.717) is 22.6 Å². The predicted molar refractivity (Wildman–Crippen MR) is 152 cm³/mol. The lowest BCUT2D eigenvalue weighted by Crippen LogP contribution is -2.30. The molecule has 0 saturated carbocycles. The van der Waals surface area contributed by atoms with Crippen LogP contribution in [0.3, 0.4) is 0 Å². The van der Waals surface area contributed by atoms with Crippen LogP contribution in [0.25, 0.3) is 21.9 Å². The van der Waals surface area contributed by atoms with Crippen molar-refractivity contribution in [3.05, 3.63) is 95.3 Å². The van der Waals surface area contributed by atoms with Crippen molar-refractivity contribution < 1.29 is 36.3 Å². The summed E-state index contributed by atoms with van der Waals surface area (Å²) in [5, 5.41) is 4.39. The molecule has 0 unspecified atom stereocenters. The van der Waals surface area contributed by atoms with Gasteiger partial charge in [0.25, 0.3) is 15.9 Å². The lowest BCUT2D eigenvalue weighted by Gasteiger charge is -2.16. The Morgan fingerprint density at radius 1 is 0.927 bits per heavy atom. The van der Waals surface area contributed by atoms with Gasteiger partial charge in [-0.1, -0.05) is 29.8 Å². The Bertz CT molecular complexity index is 1910. The maximum atomic E-state index is 13.2. The van der Waals surface area contributed by atoms with Gasteiger partial charge in [0.15, 0.2) is 6.10 Å².